The smallest absolute Gasteiger partial charge is 0.195 e. The summed E-state index contributed by atoms with van der Waals surface area (Å²) in [5.41, 5.74) is 9.00. The van der Waals surface area contributed by atoms with Gasteiger partial charge in [-0.1, -0.05) is 12.1 Å². The summed E-state index contributed by atoms with van der Waals surface area (Å²) in [7, 11) is 4.10. The largest absolute Gasteiger partial charge is 0.396 e. The summed E-state index contributed by atoms with van der Waals surface area (Å²) in [6.45, 7) is 1.65. The van der Waals surface area contributed by atoms with Gasteiger partial charge in [0.25, 0.3) is 0 Å². The minimum absolute atomic E-state index is 0.0129. The zero-order chi connectivity index (χ0) is 19.2. The predicted octanol–water partition coefficient (Wildman–Crippen LogP) is 4.05. The van der Waals surface area contributed by atoms with Crippen LogP contribution in [-0.2, 0) is 0 Å². The number of anilines is 3. The van der Waals surface area contributed by atoms with Crippen LogP contribution in [0.2, 0.25) is 0 Å². The Hall–Kier alpha value is -2.70. The average molecular weight is 381 g/mol. The van der Waals surface area contributed by atoms with Crippen LogP contribution in [0.5, 0.6) is 0 Å². The van der Waals surface area contributed by atoms with Crippen molar-refractivity contribution < 1.29 is 4.79 Å². The number of benzene rings is 1. The first-order valence-electron chi connectivity index (χ1n) is 8.86. The lowest BCUT2D eigenvalue weighted by molar-refractivity contribution is 0.103. The maximum Gasteiger partial charge on any atom is 0.195 e. The van der Waals surface area contributed by atoms with Gasteiger partial charge in [-0.15, -0.1) is 0 Å². The summed E-state index contributed by atoms with van der Waals surface area (Å²) >= 11 is 1.52. The molecular formula is C21H24N4OS. The van der Waals surface area contributed by atoms with Crippen LogP contribution < -0.4 is 10.6 Å². The Balaban J connectivity index is 2.02. The first kappa shape index (κ1) is 19.1. The van der Waals surface area contributed by atoms with Gasteiger partial charge in [0.15, 0.2) is 11.6 Å². The number of ketones is 1. The SMILES string of the molecule is CN(C)CCCN(c1ccccc1C(=O)c1ccsc1)c1ncccc1N. The van der Waals surface area contributed by atoms with Crippen LogP contribution in [0.3, 0.4) is 0 Å². The second-order valence-corrected chi connectivity index (χ2v) is 7.36. The van der Waals surface area contributed by atoms with Crippen LogP contribution >= 0.6 is 11.3 Å². The van der Waals surface area contributed by atoms with Gasteiger partial charge in [0.1, 0.15) is 0 Å². The normalized spacial score (nSPS) is 10.9. The topological polar surface area (TPSA) is 62.5 Å². The molecular weight excluding hydrogens is 356 g/mol. The molecule has 27 heavy (non-hydrogen) atoms. The van der Waals surface area contributed by atoms with Gasteiger partial charge < -0.3 is 15.5 Å². The van der Waals surface area contributed by atoms with E-state index in [-0.39, 0.29) is 5.78 Å². The van der Waals surface area contributed by atoms with E-state index in [2.05, 4.69) is 14.8 Å². The maximum absolute atomic E-state index is 13.1. The molecule has 0 aliphatic carbocycles. The van der Waals surface area contributed by atoms with Gasteiger partial charge >= 0.3 is 0 Å². The van der Waals surface area contributed by atoms with E-state index in [1.807, 2.05) is 67.3 Å². The van der Waals surface area contributed by atoms with E-state index in [9.17, 15) is 4.79 Å². The summed E-state index contributed by atoms with van der Waals surface area (Å²) in [5, 5.41) is 3.80. The molecule has 140 valence electrons. The third-order valence-electron chi connectivity index (χ3n) is 4.28. The molecule has 2 heterocycles. The summed E-state index contributed by atoms with van der Waals surface area (Å²) in [6.07, 6.45) is 2.65. The van der Waals surface area contributed by atoms with Gasteiger partial charge in [-0.3, -0.25) is 4.79 Å². The van der Waals surface area contributed by atoms with Gasteiger partial charge in [-0.2, -0.15) is 11.3 Å². The molecule has 3 rings (SSSR count). The lowest BCUT2D eigenvalue weighted by Crippen LogP contribution is -2.26. The number of hydrogen-bond donors (Lipinski definition) is 1. The van der Waals surface area contributed by atoms with Crippen LogP contribution in [-0.4, -0.2) is 42.9 Å². The second-order valence-electron chi connectivity index (χ2n) is 6.58. The third-order valence-corrected chi connectivity index (χ3v) is 4.97. The van der Waals surface area contributed by atoms with Crippen LogP contribution in [0.15, 0.2) is 59.4 Å². The highest BCUT2D eigenvalue weighted by Crippen LogP contribution is 2.32. The minimum Gasteiger partial charge on any atom is -0.396 e. The summed E-state index contributed by atoms with van der Waals surface area (Å²) < 4.78 is 0. The number of rotatable bonds is 8. The molecule has 0 unspecified atom stereocenters. The highest BCUT2D eigenvalue weighted by Gasteiger charge is 2.21. The molecule has 0 atom stereocenters. The van der Waals surface area contributed by atoms with Crippen molar-refractivity contribution in [1.82, 2.24) is 9.88 Å². The molecule has 0 bridgehead atoms. The Morgan fingerprint density at radius 3 is 2.63 bits per heavy atom. The summed E-state index contributed by atoms with van der Waals surface area (Å²) in [4.78, 5) is 21.7. The number of carbonyl (C=O) groups excluding carboxylic acids is 1. The molecule has 5 nitrogen and oxygen atoms in total. The zero-order valence-corrected chi connectivity index (χ0v) is 16.4. The average Bonchev–Trinajstić information content (AvgIpc) is 3.20. The molecule has 2 aromatic heterocycles. The van der Waals surface area contributed by atoms with E-state index in [4.69, 9.17) is 5.73 Å². The molecule has 0 aliphatic heterocycles. The van der Waals surface area contributed by atoms with Crippen molar-refractivity contribution in [2.24, 2.45) is 0 Å². The molecule has 1 aromatic carbocycles. The van der Waals surface area contributed by atoms with Crippen molar-refractivity contribution in [3.8, 4) is 0 Å². The van der Waals surface area contributed by atoms with Crippen molar-refractivity contribution in [3.05, 3.63) is 70.5 Å². The Morgan fingerprint density at radius 2 is 1.93 bits per heavy atom. The van der Waals surface area contributed by atoms with E-state index in [0.717, 1.165) is 18.7 Å². The highest BCUT2D eigenvalue weighted by molar-refractivity contribution is 7.08. The molecule has 3 aromatic rings. The van der Waals surface area contributed by atoms with Crippen molar-refractivity contribution in [1.29, 1.82) is 0 Å². The van der Waals surface area contributed by atoms with Gasteiger partial charge in [0, 0.05) is 29.2 Å². The van der Waals surface area contributed by atoms with Gasteiger partial charge in [0.05, 0.1) is 11.4 Å². The molecule has 0 aliphatic rings. The fourth-order valence-corrected chi connectivity index (χ4v) is 3.61. The molecule has 0 fully saturated rings. The Labute approximate surface area is 164 Å². The number of nitrogens with two attached hydrogens (primary N) is 1. The number of nitrogens with zero attached hydrogens (tertiary/aromatic N) is 3. The van der Waals surface area contributed by atoms with Gasteiger partial charge in [-0.05, 0) is 62.8 Å². The molecule has 2 N–H and O–H groups in total. The zero-order valence-electron chi connectivity index (χ0n) is 15.6. The maximum atomic E-state index is 13.1. The van der Waals surface area contributed by atoms with E-state index >= 15 is 0 Å². The van der Waals surface area contributed by atoms with Gasteiger partial charge in [-0.25, -0.2) is 4.98 Å². The van der Waals surface area contributed by atoms with E-state index in [0.29, 0.717) is 29.2 Å². The minimum atomic E-state index is 0.0129. The van der Waals surface area contributed by atoms with Crippen LogP contribution in [0.4, 0.5) is 17.2 Å². The van der Waals surface area contributed by atoms with Crippen molar-refractivity contribution in [2.75, 3.05) is 37.8 Å². The van der Waals surface area contributed by atoms with Gasteiger partial charge in [0.2, 0.25) is 0 Å². The highest BCUT2D eigenvalue weighted by atomic mass is 32.1. The number of pyridine rings is 1. The van der Waals surface area contributed by atoms with Crippen LogP contribution in [0, 0.1) is 0 Å². The molecule has 0 saturated carbocycles. The first-order chi connectivity index (χ1) is 13.1. The monoisotopic (exact) mass is 380 g/mol. The molecule has 6 heteroatoms. The number of hydrogen-bond acceptors (Lipinski definition) is 6. The molecule has 0 saturated heterocycles. The molecule has 0 radical (unpaired) electrons. The third kappa shape index (κ3) is 4.53. The molecule has 0 spiro atoms. The predicted molar refractivity (Wildman–Crippen MR) is 113 cm³/mol. The lowest BCUT2D eigenvalue weighted by atomic mass is 10.0. The first-order valence-corrected chi connectivity index (χ1v) is 9.81. The summed E-state index contributed by atoms with van der Waals surface area (Å²) in [5.74, 6) is 0.695. The number of thiophene rings is 1. The number of para-hydroxylation sites is 1. The second kappa shape index (κ2) is 8.79. The quantitative estimate of drug-likeness (QED) is 0.598. The summed E-state index contributed by atoms with van der Waals surface area (Å²) in [6, 6.07) is 13.2. The van der Waals surface area contributed by atoms with Crippen molar-refractivity contribution in [2.45, 2.75) is 6.42 Å². The fraction of sp³-hybridized carbons (Fsp3) is 0.238. The number of carbonyl (C=O) groups is 1. The standard InChI is InChI=1S/C21H24N4OS/c1-24(2)12-6-13-25(21-18(22)8-5-11-23-21)19-9-4-3-7-17(19)20(26)16-10-14-27-15-16/h3-5,7-11,14-15H,6,12-13,22H2,1-2H3. The number of aromatic nitrogens is 1. The molecule has 0 amide bonds. The Bertz CT molecular complexity index is 893. The Kier molecular flexibility index (Phi) is 6.21. The van der Waals surface area contributed by atoms with E-state index < -0.39 is 0 Å². The van der Waals surface area contributed by atoms with Crippen LogP contribution in [0.25, 0.3) is 0 Å². The number of nitrogen functional groups attached to an aromatic ring is 1. The van der Waals surface area contributed by atoms with E-state index in [1.165, 1.54) is 11.3 Å². The van der Waals surface area contributed by atoms with E-state index in [1.54, 1.807) is 6.20 Å². The Morgan fingerprint density at radius 1 is 1.11 bits per heavy atom. The van der Waals surface area contributed by atoms with Crippen molar-refractivity contribution in [3.63, 3.8) is 0 Å². The van der Waals surface area contributed by atoms with Crippen LogP contribution in [0.1, 0.15) is 22.3 Å². The van der Waals surface area contributed by atoms with Crippen molar-refractivity contribution >= 4 is 34.3 Å². The fourth-order valence-electron chi connectivity index (χ4n) is 2.97. The lowest BCUT2D eigenvalue weighted by Gasteiger charge is -2.27.